The Labute approximate surface area is 88.4 Å². The first kappa shape index (κ1) is 11.3. The molecule has 0 spiro atoms. The van der Waals surface area contributed by atoms with Crippen molar-refractivity contribution in [2.45, 2.75) is 39.5 Å². The standard InChI is InChI=1S/C14H22/c1-12(2)14-11-9-7-5-4-6-8-10-13(14)3/h4,6,8,10,13-14H,1,5,7,9,11H2,2-3H3. The smallest absolute Gasteiger partial charge is 0.0148 e. The van der Waals surface area contributed by atoms with E-state index < -0.39 is 0 Å². The predicted octanol–water partition coefficient (Wildman–Crippen LogP) is 4.50. The highest BCUT2D eigenvalue weighted by Gasteiger charge is 2.15. The second kappa shape index (κ2) is 5.85. The van der Waals surface area contributed by atoms with E-state index in [2.05, 4.69) is 44.7 Å². The highest BCUT2D eigenvalue weighted by Crippen LogP contribution is 2.27. The summed E-state index contributed by atoms with van der Waals surface area (Å²) in [4.78, 5) is 0. The van der Waals surface area contributed by atoms with Crippen LogP contribution in [0.15, 0.2) is 36.5 Å². The van der Waals surface area contributed by atoms with Crippen LogP contribution >= 0.6 is 0 Å². The molecule has 14 heavy (non-hydrogen) atoms. The zero-order valence-corrected chi connectivity index (χ0v) is 9.50. The Morgan fingerprint density at radius 2 is 2.07 bits per heavy atom. The summed E-state index contributed by atoms with van der Waals surface area (Å²) >= 11 is 0. The van der Waals surface area contributed by atoms with E-state index in [1.54, 1.807) is 0 Å². The van der Waals surface area contributed by atoms with Crippen LogP contribution in [-0.4, -0.2) is 0 Å². The summed E-state index contributed by atoms with van der Waals surface area (Å²) in [7, 11) is 0. The monoisotopic (exact) mass is 190 g/mol. The van der Waals surface area contributed by atoms with Crippen LogP contribution in [0.4, 0.5) is 0 Å². The van der Waals surface area contributed by atoms with Gasteiger partial charge in [0.2, 0.25) is 0 Å². The maximum Gasteiger partial charge on any atom is -0.0148 e. The maximum absolute atomic E-state index is 4.10. The van der Waals surface area contributed by atoms with Gasteiger partial charge in [-0.05, 0) is 38.0 Å². The molecule has 0 saturated carbocycles. The molecule has 0 N–H and O–H groups in total. The Hall–Kier alpha value is -0.780. The van der Waals surface area contributed by atoms with E-state index in [4.69, 9.17) is 0 Å². The fourth-order valence-electron chi connectivity index (χ4n) is 2.13. The van der Waals surface area contributed by atoms with E-state index in [1.807, 2.05) is 0 Å². The van der Waals surface area contributed by atoms with Crippen LogP contribution in [0.1, 0.15) is 39.5 Å². The van der Waals surface area contributed by atoms with E-state index >= 15 is 0 Å². The lowest BCUT2D eigenvalue weighted by Gasteiger charge is -2.22. The molecule has 1 aliphatic carbocycles. The normalized spacial score (nSPS) is 28.7. The van der Waals surface area contributed by atoms with E-state index in [0.717, 1.165) is 0 Å². The molecular formula is C14H22. The summed E-state index contributed by atoms with van der Waals surface area (Å²) in [5.41, 5.74) is 1.34. The van der Waals surface area contributed by atoms with Crippen molar-refractivity contribution in [3.63, 3.8) is 0 Å². The number of rotatable bonds is 1. The lowest BCUT2D eigenvalue weighted by Crippen LogP contribution is -2.10. The van der Waals surface area contributed by atoms with E-state index in [-0.39, 0.29) is 0 Å². The van der Waals surface area contributed by atoms with Crippen molar-refractivity contribution < 1.29 is 0 Å². The molecule has 2 unspecified atom stereocenters. The Bertz CT molecular complexity index is 232. The van der Waals surface area contributed by atoms with Crippen molar-refractivity contribution in [1.29, 1.82) is 0 Å². The molecule has 0 saturated heterocycles. The van der Waals surface area contributed by atoms with Crippen molar-refractivity contribution in [3.05, 3.63) is 36.5 Å². The molecule has 78 valence electrons. The molecule has 0 nitrogen and oxygen atoms in total. The van der Waals surface area contributed by atoms with Gasteiger partial charge in [0.25, 0.3) is 0 Å². The number of hydrogen-bond acceptors (Lipinski definition) is 0. The second-order valence-electron chi connectivity index (χ2n) is 4.41. The molecule has 2 atom stereocenters. The van der Waals surface area contributed by atoms with Crippen LogP contribution in [0.3, 0.4) is 0 Å². The highest BCUT2D eigenvalue weighted by molar-refractivity contribution is 5.09. The van der Waals surface area contributed by atoms with E-state index in [1.165, 1.54) is 31.3 Å². The quantitative estimate of drug-likeness (QED) is 0.534. The molecule has 0 heterocycles. The molecule has 0 aromatic rings. The third-order valence-electron chi connectivity index (χ3n) is 3.07. The zero-order chi connectivity index (χ0) is 10.4. The summed E-state index contributed by atoms with van der Waals surface area (Å²) < 4.78 is 0. The third kappa shape index (κ3) is 3.53. The number of allylic oxidation sites excluding steroid dienone is 5. The van der Waals surface area contributed by atoms with Crippen LogP contribution in [0.25, 0.3) is 0 Å². The third-order valence-corrected chi connectivity index (χ3v) is 3.07. The molecule has 0 aliphatic heterocycles. The lowest BCUT2D eigenvalue weighted by atomic mass is 9.83. The van der Waals surface area contributed by atoms with Crippen molar-refractivity contribution in [3.8, 4) is 0 Å². The van der Waals surface area contributed by atoms with Crippen molar-refractivity contribution >= 4 is 0 Å². The van der Waals surface area contributed by atoms with Gasteiger partial charge in [0.1, 0.15) is 0 Å². The molecule has 0 aromatic carbocycles. The Morgan fingerprint density at radius 3 is 2.79 bits per heavy atom. The lowest BCUT2D eigenvalue weighted by molar-refractivity contribution is 0.433. The summed E-state index contributed by atoms with van der Waals surface area (Å²) in [6.45, 7) is 8.56. The van der Waals surface area contributed by atoms with E-state index in [0.29, 0.717) is 11.8 Å². The molecule has 0 amide bonds. The fraction of sp³-hybridized carbons (Fsp3) is 0.571. The molecule has 1 aliphatic rings. The average Bonchev–Trinajstić information content (AvgIpc) is 2.15. The Balaban J connectivity index is 2.67. The van der Waals surface area contributed by atoms with Crippen molar-refractivity contribution in [2.75, 3.05) is 0 Å². The zero-order valence-electron chi connectivity index (χ0n) is 9.50. The largest absolute Gasteiger partial charge is 0.0998 e. The van der Waals surface area contributed by atoms with Crippen molar-refractivity contribution in [2.24, 2.45) is 11.8 Å². The minimum absolute atomic E-state index is 0.634. The van der Waals surface area contributed by atoms with Crippen LogP contribution in [0.2, 0.25) is 0 Å². The molecule has 0 fully saturated rings. The summed E-state index contributed by atoms with van der Waals surface area (Å²) in [5.74, 6) is 1.31. The summed E-state index contributed by atoms with van der Waals surface area (Å²) in [6.07, 6.45) is 14.1. The van der Waals surface area contributed by atoms with Gasteiger partial charge in [-0.15, -0.1) is 0 Å². The topological polar surface area (TPSA) is 0 Å². The molecule has 0 radical (unpaired) electrons. The second-order valence-corrected chi connectivity index (χ2v) is 4.41. The van der Waals surface area contributed by atoms with Crippen LogP contribution in [0, 0.1) is 11.8 Å². The Morgan fingerprint density at radius 1 is 1.29 bits per heavy atom. The first-order chi connectivity index (χ1) is 6.72. The molecule has 0 bridgehead atoms. The van der Waals surface area contributed by atoms with Gasteiger partial charge < -0.3 is 0 Å². The first-order valence-corrected chi connectivity index (χ1v) is 5.70. The SMILES string of the molecule is C=C(C)C1CCCCC=CC=CC1C. The van der Waals surface area contributed by atoms with Gasteiger partial charge in [-0.1, -0.05) is 49.8 Å². The van der Waals surface area contributed by atoms with Gasteiger partial charge in [-0.25, -0.2) is 0 Å². The van der Waals surface area contributed by atoms with Gasteiger partial charge in [-0.3, -0.25) is 0 Å². The Kier molecular flexibility index (Phi) is 4.72. The molecule has 0 heteroatoms. The van der Waals surface area contributed by atoms with Gasteiger partial charge in [0.15, 0.2) is 0 Å². The molecular weight excluding hydrogens is 168 g/mol. The van der Waals surface area contributed by atoms with Crippen LogP contribution in [-0.2, 0) is 0 Å². The van der Waals surface area contributed by atoms with Gasteiger partial charge in [-0.2, -0.15) is 0 Å². The number of hydrogen-bond donors (Lipinski definition) is 0. The van der Waals surface area contributed by atoms with E-state index in [9.17, 15) is 0 Å². The van der Waals surface area contributed by atoms with Gasteiger partial charge >= 0.3 is 0 Å². The van der Waals surface area contributed by atoms with Crippen LogP contribution in [0.5, 0.6) is 0 Å². The minimum Gasteiger partial charge on any atom is -0.0998 e. The van der Waals surface area contributed by atoms with Gasteiger partial charge in [0.05, 0.1) is 0 Å². The highest BCUT2D eigenvalue weighted by atomic mass is 14.2. The molecule has 1 rings (SSSR count). The minimum atomic E-state index is 0.634. The average molecular weight is 190 g/mol. The van der Waals surface area contributed by atoms with Crippen molar-refractivity contribution in [1.82, 2.24) is 0 Å². The van der Waals surface area contributed by atoms with Gasteiger partial charge in [0, 0.05) is 0 Å². The summed E-state index contributed by atoms with van der Waals surface area (Å²) in [6, 6.07) is 0. The molecule has 0 aromatic heterocycles. The van der Waals surface area contributed by atoms with Crippen LogP contribution < -0.4 is 0 Å². The predicted molar refractivity (Wildman–Crippen MR) is 64.2 cm³/mol. The summed E-state index contributed by atoms with van der Waals surface area (Å²) in [5, 5.41) is 0. The fourth-order valence-corrected chi connectivity index (χ4v) is 2.13. The maximum atomic E-state index is 4.10. The first-order valence-electron chi connectivity index (χ1n) is 5.70.